The first kappa shape index (κ1) is 16.0. The number of rotatable bonds is 2. The molecule has 4 heteroatoms. The molecule has 2 N–H and O–H groups in total. The number of phenols is 2. The summed E-state index contributed by atoms with van der Waals surface area (Å²) in [5.41, 5.74) is 4.34. The van der Waals surface area contributed by atoms with E-state index in [4.69, 9.17) is 0 Å². The van der Waals surface area contributed by atoms with Gasteiger partial charge >= 0.3 is 127 Å². The van der Waals surface area contributed by atoms with Gasteiger partial charge in [0, 0.05) is 0 Å². The molecule has 0 fully saturated rings. The van der Waals surface area contributed by atoms with Crippen molar-refractivity contribution in [1.82, 2.24) is 0 Å². The van der Waals surface area contributed by atoms with Crippen LogP contribution in [0.15, 0.2) is 48.5 Å². The molecule has 2 aromatic rings. The third-order valence-electron chi connectivity index (χ3n) is 3.83. The number of aromatic hydroxyl groups is 2. The van der Waals surface area contributed by atoms with Crippen LogP contribution in [0, 0.1) is 0 Å². The van der Waals surface area contributed by atoms with E-state index in [0.717, 1.165) is 22.8 Å². The van der Waals surface area contributed by atoms with Crippen LogP contribution >= 0.6 is 12.4 Å². The minimum absolute atomic E-state index is 0. The summed E-state index contributed by atoms with van der Waals surface area (Å²) in [6, 6.07) is 13.7. The molecule has 1 aliphatic carbocycles. The first-order valence-electron chi connectivity index (χ1n) is 6.61. The third kappa shape index (κ3) is 2.97. The molecule has 0 saturated heterocycles. The van der Waals surface area contributed by atoms with Crippen molar-refractivity contribution < 1.29 is 10.2 Å². The van der Waals surface area contributed by atoms with Gasteiger partial charge in [-0.05, 0) is 0 Å². The summed E-state index contributed by atoms with van der Waals surface area (Å²) < 4.78 is 0. The van der Waals surface area contributed by atoms with Gasteiger partial charge in [0.05, 0.1) is 0 Å². The summed E-state index contributed by atoms with van der Waals surface area (Å²) >= 11 is 2.58. The second-order valence-electron chi connectivity index (χ2n) is 5.03. The van der Waals surface area contributed by atoms with Gasteiger partial charge in [-0.1, -0.05) is 0 Å². The average molecular weight is 363 g/mol. The van der Waals surface area contributed by atoms with Gasteiger partial charge in [0.2, 0.25) is 0 Å². The molecule has 1 atom stereocenters. The Balaban J connectivity index is 0.00000161. The second kappa shape index (κ2) is 6.59. The van der Waals surface area contributed by atoms with E-state index in [1.165, 1.54) is 11.1 Å². The third-order valence-corrected chi connectivity index (χ3v) is 4.55. The van der Waals surface area contributed by atoms with Gasteiger partial charge in [-0.2, -0.15) is 0 Å². The molecular weight excluding hydrogens is 347 g/mol. The fourth-order valence-corrected chi connectivity index (χ4v) is 3.37. The molecule has 108 valence electrons. The van der Waals surface area contributed by atoms with E-state index >= 15 is 0 Å². The predicted octanol–water partition coefficient (Wildman–Crippen LogP) is 3.83. The van der Waals surface area contributed by atoms with Crippen molar-refractivity contribution in [3.8, 4) is 11.5 Å². The zero-order valence-electron chi connectivity index (χ0n) is 11.4. The molecule has 0 amide bonds. The summed E-state index contributed by atoms with van der Waals surface area (Å²) in [6.07, 6.45) is 2.99. The van der Waals surface area contributed by atoms with E-state index in [-0.39, 0.29) is 29.8 Å². The van der Waals surface area contributed by atoms with Crippen molar-refractivity contribution in [3.63, 3.8) is 0 Å². The van der Waals surface area contributed by atoms with Crippen molar-refractivity contribution in [3.05, 3.63) is 65.2 Å². The van der Waals surface area contributed by atoms with Gasteiger partial charge in [-0.25, -0.2) is 0 Å². The normalized spacial score (nSPS) is 16.6. The van der Waals surface area contributed by atoms with Gasteiger partial charge < -0.3 is 0 Å². The van der Waals surface area contributed by atoms with Crippen LogP contribution in [-0.4, -0.2) is 27.1 Å². The number of allylic oxidation sites excluding steroid dienone is 2. The molecule has 0 heterocycles. The number of fused-ring (bicyclic) bond motifs is 1. The molecule has 2 nitrogen and oxygen atoms in total. The molecule has 1 unspecified atom stereocenters. The summed E-state index contributed by atoms with van der Waals surface area (Å²) in [5.74, 6) is 0.230. The summed E-state index contributed by atoms with van der Waals surface area (Å²) in [4.78, 5) is 0. The molecule has 3 rings (SSSR count). The zero-order valence-corrected chi connectivity index (χ0v) is 14.1. The zero-order chi connectivity index (χ0) is 14.1. The maximum atomic E-state index is 10.1. The summed E-state index contributed by atoms with van der Waals surface area (Å²) in [5, 5.41) is 20.7. The van der Waals surface area contributed by atoms with Crippen LogP contribution in [0.5, 0.6) is 11.5 Å². The average Bonchev–Trinajstić information content (AvgIpc) is 2.51. The van der Waals surface area contributed by atoms with Gasteiger partial charge in [0.25, 0.3) is 0 Å². The van der Waals surface area contributed by atoms with Gasteiger partial charge in [-0.15, -0.1) is 12.4 Å². The SMILES string of the molecule is Cl.Oc1ccc2c(c1O)CC(c1ccccc1)C=C2C[As]. The standard InChI is InChI=1S/C17H15AsO2.ClH/c18-10-13-8-12(11-4-2-1-3-5-11)9-15-14(13)6-7-16(19)17(15)20;/h1-8,12,19-20H,9-10H2;1H. The number of phenolic OH excluding ortho intramolecular Hbond substituents is 2. The van der Waals surface area contributed by atoms with Gasteiger partial charge in [0.15, 0.2) is 0 Å². The van der Waals surface area contributed by atoms with Crippen LogP contribution in [0.1, 0.15) is 22.6 Å². The maximum absolute atomic E-state index is 10.1. The quantitative estimate of drug-likeness (QED) is 0.629. The number of halogens is 1. The first-order chi connectivity index (χ1) is 9.70. The van der Waals surface area contributed by atoms with Gasteiger partial charge in [-0.3, -0.25) is 0 Å². The van der Waals surface area contributed by atoms with Crippen LogP contribution in [0.3, 0.4) is 0 Å². The number of benzene rings is 2. The summed E-state index contributed by atoms with van der Waals surface area (Å²) in [7, 11) is 0. The van der Waals surface area contributed by atoms with E-state index < -0.39 is 0 Å². The van der Waals surface area contributed by atoms with E-state index in [1.807, 2.05) is 24.3 Å². The van der Waals surface area contributed by atoms with E-state index in [2.05, 4.69) is 35.1 Å². The molecule has 0 saturated carbocycles. The first-order valence-corrected chi connectivity index (χ1v) is 7.94. The Bertz CT molecular complexity index is 668. The Labute approximate surface area is 139 Å². The Morgan fingerprint density at radius 2 is 1.76 bits per heavy atom. The van der Waals surface area contributed by atoms with E-state index in [9.17, 15) is 10.2 Å². The Morgan fingerprint density at radius 1 is 1.05 bits per heavy atom. The van der Waals surface area contributed by atoms with Gasteiger partial charge in [0.1, 0.15) is 0 Å². The topological polar surface area (TPSA) is 40.5 Å². The van der Waals surface area contributed by atoms with Crippen molar-refractivity contribution in [2.75, 3.05) is 0 Å². The van der Waals surface area contributed by atoms with E-state index in [1.54, 1.807) is 6.07 Å². The molecule has 0 aliphatic heterocycles. The predicted molar refractivity (Wildman–Crippen MR) is 88.4 cm³/mol. The summed E-state index contributed by atoms with van der Waals surface area (Å²) in [6.45, 7) is 0. The fourth-order valence-electron chi connectivity index (χ4n) is 2.80. The molecule has 2 aromatic carbocycles. The number of hydrogen-bond acceptors (Lipinski definition) is 2. The van der Waals surface area contributed by atoms with Crippen molar-refractivity contribution >= 4 is 34.8 Å². The molecule has 2 radical (unpaired) electrons. The Hall–Kier alpha value is -1.37. The minimum atomic E-state index is -0.0394. The fraction of sp³-hybridized carbons (Fsp3) is 0.176. The Morgan fingerprint density at radius 3 is 2.43 bits per heavy atom. The molecule has 0 aromatic heterocycles. The van der Waals surface area contributed by atoms with Crippen LogP contribution in [0.25, 0.3) is 5.57 Å². The Kier molecular flexibility index (Phi) is 5.03. The molecule has 0 bridgehead atoms. The van der Waals surface area contributed by atoms with Crippen LogP contribution < -0.4 is 0 Å². The van der Waals surface area contributed by atoms with Crippen molar-refractivity contribution in [1.29, 1.82) is 0 Å². The van der Waals surface area contributed by atoms with Crippen molar-refractivity contribution in [2.24, 2.45) is 0 Å². The monoisotopic (exact) mass is 362 g/mol. The molecule has 0 spiro atoms. The van der Waals surface area contributed by atoms with Crippen LogP contribution in [0.4, 0.5) is 0 Å². The van der Waals surface area contributed by atoms with Crippen LogP contribution in [0.2, 0.25) is 5.21 Å². The molecule has 1 aliphatic rings. The number of hydrogen-bond donors (Lipinski definition) is 2. The van der Waals surface area contributed by atoms with Crippen molar-refractivity contribution in [2.45, 2.75) is 17.5 Å². The molecular formula is C17H16AsClO2. The second-order valence-corrected chi connectivity index (χ2v) is 5.69. The van der Waals surface area contributed by atoms with E-state index in [0.29, 0.717) is 0 Å². The van der Waals surface area contributed by atoms with Crippen LogP contribution in [-0.2, 0) is 6.42 Å². The molecule has 21 heavy (non-hydrogen) atoms.